The van der Waals surface area contributed by atoms with Gasteiger partial charge in [-0.25, -0.2) is 4.98 Å². The number of para-hydroxylation sites is 1. The lowest BCUT2D eigenvalue weighted by atomic mass is 9.90. The smallest absolute Gasteiger partial charge is 0.124 e. The molecule has 52 heavy (non-hydrogen) atoms. The average Bonchev–Trinajstić information content (AvgIpc) is 3.67. The first-order valence-electron chi connectivity index (χ1n) is 17.6. The summed E-state index contributed by atoms with van der Waals surface area (Å²) in [6.07, 6.45) is 0. The van der Waals surface area contributed by atoms with Crippen LogP contribution in [0.3, 0.4) is 0 Å². The Balaban J connectivity index is 1.18. The molecule has 0 radical (unpaired) electrons. The van der Waals surface area contributed by atoms with Crippen LogP contribution < -0.4 is 4.90 Å². The molecule has 0 N–H and O–H groups in total. The van der Waals surface area contributed by atoms with E-state index in [1.54, 1.807) is 11.3 Å². The minimum absolute atomic E-state index is 1.04. The first kappa shape index (κ1) is 30.3. The van der Waals surface area contributed by atoms with Gasteiger partial charge in [-0.1, -0.05) is 152 Å². The first-order valence-corrected chi connectivity index (χ1v) is 18.4. The van der Waals surface area contributed by atoms with E-state index in [4.69, 9.17) is 4.98 Å². The Kier molecular flexibility index (Phi) is 7.37. The lowest BCUT2D eigenvalue weighted by molar-refractivity contribution is 1.30. The Morgan fingerprint density at radius 3 is 1.62 bits per heavy atom. The van der Waals surface area contributed by atoms with Gasteiger partial charge in [0.2, 0.25) is 0 Å². The van der Waals surface area contributed by atoms with Crippen LogP contribution in [0.2, 0.25) is 0 Å². The molecule has 1 aromatic heterocycles. The van der Waals surface area contributed by atoms with E-state index in [1.165, 1.54) is 59.3 Å². The molecular formula is C49H32N2S. The summed E-state index contributed by atoms with van der Waals surface area (Å²) < 4.78 is 1.22. The minimum atomic E-state index is 1.04. The Morgan fingerprint density at radius 2 is 0.904 bits per heavy atom. The molecule has 1 heterocycles. The molecule has 0 unspecified atom stereocenters. The Morgan fingerprint density at radius 1 is 0.365 bits per heavy atom. The van der Waals surface area contributed by atoms with Crippen molar-refractivity contribution >= 4 is 70.9 Å². The van der Waals surface area contributed by atoms with Crippen LogP contribution in [0.25, 0.3) is 75.4 Å². The van der Waals surface area contributed by atoms with Gasteiger partial charge < -0.3 is 4.90 Å². The summed E-state index contributed by atoms with van der Waals surface area (Å²) in [4.78, 5) is 7.47. The highest BCUT2D eigenvalue weighted by Gasteiger charge is 2.20. The van der Waals surface area contributed by atoms with Crippen molar-refractivity contribution < 1.29 is 0 Å². The lowest BCUT2D eigenvalue weighted by Crippen LogP contribution is -2.10. The molecule has 0 saturated carbocycles. The van der Waals surface area contributed by atoms with E-state index >= 15 is 0 Å². The maximum atomic E-state index is 5.09. The maximum Gasteiger partial charge on any atom is 0.124 e. The van der Waals surface area contributed by atoms with E-state index < -0.39 is 0 Å². The van der Waals surface area contributed by atoms with Crippen LogP contribution in [-0.2, 0) is 0 Å². The SMILES string of the molecule is c1ccc(-c2ccc(N(c3ccccc3)c3ccc(-c4cc5c(ccc6nc(-c7ccccc7)sc65)c5ccccc45)c4ccccc34)cc2)cc1. The second-order valence-electron chi connectivity index (χ2n) is 13.1. The quantitative estimate of drug-likeness (QED) is 0.163. The fourth-order valence-electron chi connectivity index (χ4n) is 7.64. The van der Waals surface area contributed by atoms with Crippen molar-refractivity contribution in [3.05, 3.63) is 194 Å². The zero-order chi connectivity index (χ0) is 34.4. The fourth-order valence-corrected chi connectivity index (χ4v) is 8.73. The van der Waals surface area contributed by atoms with Gasteiger partial charge in [0.15, 0.2) is 0 Å². The van der Waals surface area contributed by atoms with E-state index in [0.29, 0.717) is 0 Å². The zero-order valence-corrected chi connectivity index (χ0v) is 29.1. The number of hydrogen-bond acceptors (Lipinski definition) is 3. The predicted octanol–water partition coefficient (Wildman–Crippen LogP) is 14.2. The second kappa shape index (κ2) is 12.6. The Hall–Kier alpha value is -6.55. The highest BCUT2D eigenvalue weighted by Crippen LogP contribution is 2.46. The molecule has 3 heteroatoms. The van der Waals surface area contributed by atoms with E-state index in [-0.39, 0.29) is 0 Å². The molecule has 0 amide bonds. The normalized spacial score (nSPS) is 11.5. The summed E-state index contributed by atoms with van der Waals surface area (Å²) in [5.74, 6) is 0. The van der Waals surface area contributed by atoms with Crippen molar-refractivity contribution in [3.63, 3.8) is 0 Å². The topological polar surface area (TPSA) is 16.1 Å². The van der Waals surface area contributed by atoms with Gasteiger partial charge in [0.25, 0.3) is 0 Å². The van der Waals surface area contributed by atoms with Gasteiger partial charge in [-0.05, 0) is 86.3 Å². The molecule has 0 saturated heterocycles. The van der Waals surface area contributed by atoms with Crippen LogP contribution >= 0.6 is 11.3 Å². The van der Waals surface area contributed by atoms with Gasteiger partial charge in [-0.2, -0.15) is 0 Å². The third kappa shape index (κ3) is 5.14. The maximum absolute atomic E-state index is 5.09. The molecule has 0 spiro atoms. The van der Waals surface area contributed by atoms with E-state index in [1.807, 2.05) is 0 Å². The van der Waals surface area contributed by atoms with Crippen molar-refractivity contribution in [3.8, 4) is 32.8 Å². The van der Waals surface area contributed by atoms with E-state index in [2.05, 4.69) is 199 Å². The van der Waals surface area contributed by atoms with E-state index in [9.17, 15) is 0 Å². The number of fused-ring (bicyclic) bond motifs is 6. The molecule has 9 aromatic carbocycles. The third-order valence-electron chi connectivity index (χ3n) is 10.1. The number of aromatic nitrogens is 1. The summed E-state index contributed by atoms with van der Waals surface area (Å²) in [6, 6.07) is 69.8. The summed E-state index contributed by atoms with van der Waals surface area (Å²) >= 11 is 1.78. The first-order chi connectivity index (χ1) is 25.8. The third-order valence-corrected chi connectivity index (χ3v) is 11.2. The molecule has 10 aromatic rings. The molecule has 0 bridgehead atoms. The van der Waals surface area contributed by atoms with Gasteiger partial charge in [-0.15, -0.1) is 11.3 Å². The largest absolute Gasteiger partial charge is 0.310 e. The molecule has 10 rings (SSSR count). The van der Waals surface area contributed by atoms with Crippen molar-refractivity contribution in [2.24, 2.45) is 0 Å². The summed E-state index contributed by atoms with van der Waals surface area (Å²) in [7, 11) is 0. The Bertz CT molecular complexity index is 2880. The van der Waals surface area contributed by atoms with Crippen LogP contribution in [0.1, 0.15) is 0 Å². The molecule has 0 fully saturated rings. The second-order valence-corrected chi connectivity index (χ2v) is 14.1. The number of benzene rings is 9. The van der Waals surface area contributed by atoms with Gasteiger partial charge in [0.1, 0.15) is 5.01 Å². The number of rotatable bonds is 6. The van der Waals surface area contributed by atoms with Crippen LogP contribution in [0.4, 0.5) is 17.1 Å². The fraction of sp³-hybridized carbons (Fsp3) is 0. The van der Waals surface area contributed by atoms with Crippen LogP contribution in [0.15, 0.2) is 194 Å². The predicted molar refractivity (Wildman–Crippen MR) is 223 cm³/mol. The van der Waals surface area contributed by atoms with Gasteiger partial charge in [0, 0.05) is 27.7 Å². The van der Waals surface area contributed by atoms with Gasteiger partial charge >= 0.3 is 0 Å². The molecule has 244 valence electrons. The number of thiazole rings is 1. The molecule has 0 aliphatic carbocycles. The van der Waals surface area contributed by atoms with Gasteiger partial charge in [0.05, 0.1) is 15.9 Å². The molecule has 2 nitrogen and oxygen atoms in total. The zero-order valence-electron chi connectivity index (χ0n) is 28.3. The number of anilines is 3. The van der Waals surface area contributed by atoms with Crippen LogP contribution in [0.5, 0.6) is 0 Å². The van der Waals surface area contributed by atoms with Gasteiger partial charge in [-0.3, -0.25) is 0 Å². The molecule has 0 aliphatic heterocycles. The van der Waals surface area contributed by atoms with Crippen molar-refractivity contribution in [2.45, 2.75) is 0 Å². The highest BCUT2D eigenvalue weighted by atomic mass is 32.1. The summed E-state index contributed by atoms with van der Waals surface area (Å²) in [5.41, 5.74) is 10.4. The average molecular weight is 681 g/mol. The van der Waals surface area contributed by atoms with Crippen LogP contribution in [0, 0.1) is 0 Å². The van der Waals surface area contributed by atoms with Crippen LogP contribution in [-0.4, -0.2) is 4.98 Å². The monoisotopic (exact) mass is 680 g/mol. The highest BCUT2D eigenvalue weighted by molar-refractivity contribution is 7.22. The standard InChI is InChI=1S/C49H32N2S/c1-4-14-33(15-5-1)34-24-26-37(27-25-34)51(36-18-8-3-9-19-36)47-31-29-41(39-21-12-13-23-43(39)47)44-32-45-42(38-20-10-11-22-40(38)44)28-30-46-48(45)52-49(50-46)35-16-6-2-7-17-35/h1-32H. The van der Waals surface area contributed by atoms with Crippen molar-refractivity contribution in [2.75, 3.05) is 4.90 Å². The minimum Gasteiger partial charge on any atom is -0.310 e. The number of hydrogen-bond donors (Lipinski definition) is 0. The number of nitrogens with zero attached hydrogens (tertiary/aromatic N) is 2. The van der Waals surface area contributed by atoms with Crippen molar-refractivity contribution in [1.29, 1.82) is 0 Å². The lowest BCUT2D eigenvalue weighted by Gasteiger charge is -2.28. The Labute approximate surface area is 306 Å². The van der Waals surface area contributed by atoms with Crippen molar-refractivity contribution in [1.82, 2.24) is 4.98 Å². The molecule has 0 aliphatic rings. The molecule has 0 atom stereocenters. The summed E-state index contributed by atoms with van der Waals surface area (Å²) in [5, 5.41) is 8.45. The molecular weight excluding hydrogens is 649 g/mol. The van der Waals surface area contributed by atoms with E-state index in [0.717, 1.165) is 33.1 Å². The summed E-state index contributed by atoms with van der Waals surface area (Å²) in [6.45, 7) is 0.